The third-order valence-corrected chi connectivity index (χ3v) is 1.91. The molecule has 0 fully saturated rings. The molecule has 0 bridgehead atoms. The van der Waals surface area contributed by atoms with Crippen molar-refractivity contribution in [3.63, 3.8) is 0 Å². The molecular formula is C6H11ClO3S. The Morgan fingerprint density at radius 3 is 2.55 bits per heavy atom. The first-order valence-corrected chi connectivity index (χ1v) is 5.37. The van der Waals surface area contributed by atoms with Gasteiger partial charge >= 0.3 is 0 Å². The molecule has 0 unspecified atom stereocenters. The summed E-state index contributed by atoms with van der Waals surface area (Å²) in [6.45, 7) is 1.87. The second kappa shape index (κ2) is 4.74. The standard InChI is InChI=1S/C6H11ClO3S/c1-6(5-7)3-4-10-11(2,8)9/h3H,4-5H2,1-2H3/b6-3+. The first-order valence-electron chi connectivity index (χ1n) is 3.01. The lowest BCUT2D eigenvalue weighted by atomic mass is 10.3. The monoisotopic (exact) mass is 198 g/mol. The van der Waals surface area contributed by atoms with Crippen LogP contribution in [0.3, 0.4) is 0 Å². The van der Waals surface area contributed by atoms with E-state index in [0.29, 0.717) is 5.88 Å². The van der Waals surface area contributed by atoms with Crippen molar-refractivity contribution in [3.05, 3.63) is 11.6 Å². The second-order valence-electron chi connectivity index (χ2n) is 2.17. The molecule has 0 rings (SSSR count). The number of allylic oxidation sites excluding steroid dienone is 1. The summed E-state index contributed by atoms with van der Waals surface area (Å²) in [7, 11) is -3.32. The fourth-order valence-electron chi connectivity index (χ4n) is 0.354. The van der Waals surface area contributed by atoms with Gasteiger partial charge in [-0.25, -0.2) is 0 Å². The summed E-state index contributed by atoms with van der Waals surface area (Å²) in [5, 5.41) is 0. The van der Waals surface area contributed by atoms with E-state index in [1.165, 1.54) is 0 Å². The molecule has 0 spiro atoms. The van der Waals surface area contributed by atoms with Crippen LogP contribution in [0, 0.1) is 0 Å². The molecule has 0 atom stereocenters. The smallest absolute Gasteiger partial charge is 0.264 e. The molecular weight excluding hydrogens is 188 g/mol. The minimum Gasteiger partial charge on any atom is -0.266 e. The largest absolute Gasteiger partial charge is 0.266 e. The molecule has 0 radical (unpaired) electrons. The van der Waals surface area contributed by atoms with Gasteiger partial charge in [-0.05, 0) is 6.92 Å². The molecule has 3 nitrogen and oxygen atoms in total. The Kier molecular flexibility index (Phi) is 4.72. The highest BCUT2D eigenvalue weighted by molar-refractivity contribution is 7.85. The van der Waals surface area contributed by atoms with Gasteiger partial charge in [-0.15, -0.1) is 11.6 Å². The van der Waals surface area contributed by atoms with E-state index in [1.54, 1.807) is 13.0 Å². The summed E-state index contributed by atoms with van der Waals surface area (Å²) in [5.74, 6) is 0.396. The lowest BCUT2D eigenvalue weighted by Gasteiger charge is -1.96. The summed E-state index contributed by atoms with van der Waals surface area (Å²) in [6, 6.07) is 0. The second-order valence-corrected chi connectivity index (χ2v) is 4.08. The maximum atomic E-state index is 10.4. The summed E-state index contributed by atoms with van der Waals surface area (Å²) in [5.41, 5.74) is 0.898. The third-order valence-electron chi connectivity index (χ3n) is 0.925. The molecule has 0 aromatic heterocycles. The molecule has 0 amide bonds. The van der Waals surface area contributed by atoms with Crippen molar-refractivity contribution in [2.24, 2.45) is 0 Å². The third kappa shape index (κ3) is 7.84. The van der Waals surface area contributed by atoms with Crippen molar-refractivity contribution < 1.29 is 12.6 Å². The van der Waals surface area contributed by atoms with Crippen LogP contribution in [0.2, 0.25) is 0 Å². The molecule has 0 saturated heterocycles. The number of rotatable bonds is 4. The molecule has 0 aliphatic rings. The average molecular weight is 199 g/mol. The van der Waals surface area contributed by atoms with Crippen LogP contribution in [0.1, 0.15) is 6.92 Å². The van der Waals surface area contributed by atoms with Crippen molar-refractivity contribution in [2.45, 2.75) is 6.92 Å². The summed E-state index contributed by atoms with van der Waals surface area (Å²) < 4.78 is 25.3. The Morgan fingerprint density at radius 1 is 1.64 bits per heavy atom. The zero-order valence-corrected chi connectivity index (χ0v) is 8.07. The van der Waals surface area contributed by atoms with Crippen LogP contribution in [0.5, 0.6) is 0 Å². The van der Waals surface area contributed by atoms with Gasteiger partial charge in [0, 0.05) is 5.88 Å². The van der Waals surface area contributed by atoms with E-state index >= 15 is 0 Å². The summed E-state index contributed by atoms with van der Waals surface area (Å²) in [6.07, 6.45) is 2.64. The Hall–Kier alpha value is -0.0600. The molecule has 11 heavy (non-hydrogen) atoms. The van der Waals surface area contributed by atoms with Gasteiger partial charge in [-0.3, -0.25) is 4.18 Å². The van der Waals surface area contributed by atoms with E-state index in [9.17, 15) is 8.42 Å². The van der Waals surface area contributed by atoms with Crippen molar-refractivity contribution in [2.75, 3.05) is 18.7 Å². The van der Waals surface area contributed by atoms with E-state index in [1.807, 2.05) is 0 Å². The van der Waals surface area contributed by atoms with Gasteiger partial charge in [-0.1, -0.05) is 11.6 Å². The van der Waals surface area contributed by atoms with Crippen LogP contribution < -0.4 is 0 Å². The van der Waals surface area contributed by atoms with Crippen molar-refractivity contribution in [3.8, 4) is 0 Å². The van der Waals surface area contributed by atoms with Crippen LogP contribution in [0.25, 0.3) is 0 Å². The lowest BCUT2D eigenvalue weighted by Crippen LogP contribution is -2.02. The minimum atomic E-state index is -3.32. The van der Waals surface area contributed by atoms with Gasteiger partial charge in [0.15, 0.2) is 0 Å². The predicted octanol–water partition coefficient (Wildman–Crippen LogP) is 1.15. The van der Waals surface area contributed by atoms with Crippen LogP contribution in [-0.4, -0.2) is 27.2 Å². The summed E-state index contributed by atoms with van der Waals surface area (Å²) in [4.78, 5) is 0. The highest BCUT2D eigenvalue weighted by atomic mass is 35.5. The first kappa shape index (κ1) is 10.9. The lowest BCUT2D eigenvalue weighted by molar-refractivity contribution is 0.361. The average Bonchev–Trinajstić information content (AvgIpc) is 1.85. The van der Waals surface area contributed by atoms with Gasteiger partial charge in [0.05, 0.1) is 12.9 Å². The van der Waals surface area contributed by atoms with Crippen molar-refractivity contribution >= 4 is 21.7 Å². The van der Waals surface area contributed by atoms with Gasteiger partial charge in [-0.2, -0.15) is 8.42 Å². The van der Waals surface area contributed by atoms with E-state index in [4.69, 9.17) is 11.6 Å². The fraction of sp³-hybridized carbons (Fsp3) is 0.667. The van der Waals surface area contributed by atoms with Crippen LogP contribution >= 0.6 is 11.6 Å². The maximum absolute atomic E-state index is 10.4. The molecule has 0 saturated carbocycles. The van der Waals surface area contributed by atoms with Crippen LogP contribution in [-0.2, 0) is 14.3 Å². The highest BCUT2D eigenvalue weighted by Crippen LogP contribution is 1.96. The van der Waals surface area contributed by atoms with E-state index < -0.39 is 10.1 Å². The molecule has 0 aromatic rings. The van der Waals surface area contributed by atoms with Gasteiger partial charge < -0.3 is 0 Å². The van der Waals surface area contributed by atoms with Gasteiger partial charge in [0.1, 0.15) is 0 Å². The number of alkyl halides is 1. The van der Waals surface area contributed by atoms with E-state index in [-0.39, 0.29) is 6.61 Å². The number of hydrogen-bond acceptors (Lipinski definition) is 3. The predicted molar refractivity (Wildman–Crippen MR) is 45.3 cm³/mol. The van der Waals surface area contributed by atoms with Gasteiger partial charge in [0.25, 0.3) is 10.1 Å². The Labute approximate surface area is 72.1 Å². The first-order chi connectivity index (χ1) is 4.95. The molecule has 0 N–H and O–H groups in total. The van der Waals surface area contributed by atoms with E-state index in [2.05, 4.69) is 4.18 Å². The highest BCUT2D eigenvalue weighted by Gasteiger charge is 1.97. The van der Waals surface area contributed by atoms with Crippen molar-refractivity contribution in [1.29, 1.82) is 0 Å². The quantitative estimate of drug-likeness (QED) is 0.387. The minimum absolute atomic E-state index is 0.0669. The molecule has 0 aliphatic carbocycles. The molecule has 5 heteroatoms. The molecule has 0 aromatic carbocycles. The van der Waals surface area contributed by atoms with Crippen LogP contribution in [0.4, 0.5) is 0 Å². The number of hydrogen-bond donors (Lipinski definition) is 0. The topological polar surface area (TPSA) is 43.4 Å². The Bertz CT molecular complexity index is 230. The van der Waals surface area contributed by atoms with Crippen LogP contribution in [0.15, 0.2) is 11.6 Å². The fourth-order valence-corrected chi connectivity index (χ4v) is 0.779. The zero-order chi connectivity index (χ0) is 8.91. The zero-order valence-electron chi connectivity index (χ0n) is 6.50. The SMILES string of the molecule is C/C(=C\COS(C)(=O)=O)CCl. The maximum Gasteiger partial charge on any atom is 0.264 e. The Balaban J connectivity index is 3.75. The molecule has 0 heterocycles. The molecule has 0 aliphatic heterocycles. The van der Waals surface area contributed by atoms with Crippen molar-refractivity contribution in [1.82, 2.24) is 0 Å². The molecule has 66 valence electrons. The van der Waals surface area contributed by atoms with E-state index in [0.717, 1.165) is 11.8 Å². The normalized spacial score (nSPS) is 13.5. The number of halogens is 1. The Morgan fingerprint density at radius 2 is 2.18 bits per heavy atom. The summed E-state index contributed by atoms with van der Waals surface area (Å²) >= 11 is 5.43. The van der Waals surface area contributed by atoms with Gasteiger partial charge in [0.2, 0.25) is 0 Å².